The first-order valence-corrected chi connectivity index (χ1v) is 6.55. The summed E-state index contributed by atoms with van der Waals surface area (Å²) in [6, 6.07) is 6.40. The Hall–Kier alpha value is -2.70. The number of primary amides is 1. The van der Waals surface area contributed by atoms with Crippen LogP contribution in [0.4, 0.5) is 11.4 Å². The van der Waals surface area contributed by atoms with Crippen LogP contribution in [0.3, 0.4) is 0 Å². The number of anilines is 1. The van der Waals surface area contributed by atoms with Crippen molar-refractivity contribution in [1.82, 2.24) is 4.98 Å². The third-order valence-corrected chi connectivity index (χ3v) is 3.05. The smallest absolute Gasteiger partial charge is 0.270 e. The van der Waals surface area contributed by atoms with Gasteiger partial charge in [-0.15, -0.1) is 0 Å². The van der Waals surface area contributed by atoms with E-state index >= 15 is 0 Å². The van der Waals surface area contributed by atoms with Gasteiger partial charge in [-0.1, -0.05) is 0 Å². The van der Waals surface area contributed by atoms with Crippen molar-refractivity contribution in [2.45, 2.75) is 19.8 Å². The van der Waals surface area contributed by atoms with E-state index in [9.17, 15) is 14.9 Å². The molecule has 0 radical (unpaired) electrons. The predicted molar refractivity (Wildman–Crippen MR) is 80.1 cm³/mol. The number of carbonyl (C=O) groups excluding carboxylic acids is 1. The van der Waals surface area contributed by atoms with Crippen molar-refractivity contribution < 1.29 is 9.72 Å². The number of rotatable bonds is 6. The van der Waals surface area contributed by atoms with Crippen molar-refractivity contribution in [1.29, 1.82) is 0 Å². The van der Waals surface area contributed by atoms with Gasteiger partial charge in [0.1, 0.15) is 0 Å². The molecule has 3 N–H and O–H groups in total. The molecule has 2 rings (SSSR count). The number of fused-ring (bicyclic) bond motifs is 1. The van der Waals surface area contributed by atoms with Crippen LogP contribution >= 0.6 is 0 Å². The number of hydrogen-bond donors (Lipinski definition) is 2. The summed E-state index contributed by atoms with van der Waals surface area (Å²) in [6.45, 7) is 2.42. The SMILES string of the molecule is Cc1cc(NCCCC(N)=O)c2cc([N+](=O)[O-])ccc2n1. The number of carbonyl (C=O) groups is 1. The van der Waals surface area contributed by atoms with Gasteiger partial charge < -0.3 is 11.1 Å². The minimum absolute atomic E-state index is 0.0216. The van der Waals surface area contributed by atoms with E-state index in [4.69, 9.17) is 5.73 Å². The minimum Gasteiger partial charge on any atom is -0.384 e. The molecule has 0 saturated heterocycles. The fourth-order valence-corrected chi connectivity index (χ4v) is 2.09. The van der Waals surface area contributed by atoms with Gasteiger partial charge in [0.2, 0.25) is 5.91 Å². The van der Waals surface area contributed by atoms with Crippen LogP contribution in [0.15, 0.2) is 24.3 Å². The number of amides is 1. The van der Waals surface area contributed by atoms with E-state index in [2.05, 4.69) is 10.3 Å². The molecule has 1 aromatic carbocycles. The second-order valence-electron chi connectivity index (χ2n) is 4.77. The molecule has 0 bridgehead atoms. The zero-order valence-corrected chi connectivity index (χ0v) is 11.6. The summed E-state index contributed by atoms with van der Waals surface area (Å²) in [5.74, 6) is -0.344. The first kappa shape index (κ1) is 14.7. The van der Waals surface area contributed by atoms with E-state index < -0.39 is 4.92 Å². The number of nitrogens with two attached hydrogens (primary N) is 1. The van der Waals surface area contributed by atoms with Crippen LogP contribution in [-0.4, -0.2) is 22.4 Å². The largest absolute Gasteiger partial charge is 0.384 e. The summed E-state index contributed by atoms with van der Waals surface area (Å²) in [5.41, 5.74) is 7.39. The number of nitrogens with one attached hydrogen (secondary N) is 1. The Morgan fingerprint density at radius 2 is 2.19 bits per heavy atom. The Bertz CT molecular complexity index is 700. The first-order valence-electron chi connectivity index (χ1n) is 6.55. The average Bonchev–Trinajstić information content (AvgIpc) is 2.42. The normalized spacial score (nSPS) is 10.5. The minimum atomic E-state index is -0.434. The van der Waals surface area contributed by atoms with Crippen molar-refractivity contribution in [3.63, 3.8) is 0 Å². The molecule has 110 valence electrons. The quantitative estimate of drug-likeness (QED) is 0.480. The first-order chi connectivity index (χ1) is 9.97. The van der Waals surface area contributed by atoms with Gasteiger partial charge in [0.25, 0.3) is 5.69 Å². The molecule has 0 aliphatic heterocycles. The zero-order chi connectivity index (χ0) is 15.4. The van der Waals surface area contributed by atoms with Crippen LogP contribution in [-0.2, 0) is 4.79 Å². The molecule has 7 heteroatoms. The number of nitro benzene ring substituents is 1. The maximum absolute atomic E-state index is 10.9. The van der Waals surface area contributed by atoms with Gasteiger partial charge in [0, 0.05) is 41.9 Å². The number of pyridine rings is 1. The number of benzene rings is 1. The second-order valence-corrected chi connectivity index (χ2v) is 4.77. The molecule has 0 aliphatic carbocycles. The molecule has 0 unspecified atom stereocenters. The van der Waals surface area contributed by atoms with Gasteiger partial charge >= 0.3 is 0 Å². The van der Waals surface area contributed by atoms with Gasteiger partial charge in [-0.25, -0.2) is 0 Å². The lowest BCUT2D eigenvalue weighted by Gasteiger charge is -2.10. The Morgan fingerprint density at radius 3 is 2.86 bits per heavy atom. The van der Waals surface area contributed by atoms with Crippen LogP contribution < -0.4 is 11.1 Å². The van der Waals surface area contributed by atoms with Crippen LogP contribution in [0.2, 0.25) is 0 Å². The number of nitrogens with zero attached hydrogens (tertiary/aromatic N) is 2. The zero-order valence-electron chi connectivity index (χ0n) is 11.6. The number of hydrogen-bond acceptors (Lipinski definition) is 5. The van der Waals surface area contributed by atoms with Gasteiger partial charge in [-0.3, -0.25) is 19.9 Å². The Morgan fingerprint density at radius 1 is 1.43 bits per heavy atom. The highest BCUT2D eigenvalue weighted by molar-refractivity contribution is 5.93. The van der Waals surface area contributed by atoms with E-state index in [0.717, 1.165) is 11.4 Å². The summed E-state index contributed by atoms with van der Waals surface area (Å²) in [5, 5.41) is 14.7. The molecule has 0 aliphatic rings. The molecular weight excluding hydrogens is 272 g/mol. The summed E-state index contributed by atoms with van der Waals surface area (Å²) >= 11 is 0. The lowest BCUT2D eigenvalue weighted by molar-refractivity contribution is -0.384. The van der Waals surface area contributed by atoms with E-state index in [1.165, 1.54) is 12.1 Å². The molecule has 0 fully saturated rings. The highest BCUT2D eigenvalue weighted by atomic mass is 16.6. The molecule has 1 aromatic heterocycles. The Kier molecular flexibility index (Phi) is 4.32. The fourth-order valence-electron chi connectivity index (χ4n) is 2.09. The predicted octanol–water partition coefficient (Wildman–Crippen LogP) is 2.13. The highest BCUT2D eigenvalue weighted by Gasteiger charge is 2.10. The van der Waals surface area contributed by atoms with Crippen LogP contribution in [0.25, 0.3) is 10.9 Å². The molecule has 2 aromatic rings. The van der Waals surface area contributed by atoms with E-state index in [1.807, 2.05) is 13.0 Å². The molecule has 0 spiro atoms. The molecule has 0 atom stereocenters. The number of non-ortho nitro benzene ring substituents is 1. The maximum atomic E-state index is 10.9. The van der Waals surface area contributed by atoms with Crippen LogP contribution in [0.5, 0.6) is 0 Å². The van der Waals surface area contributed by atoms with E-state index in [0.29, 0.717) is 30.3 Å². The lowest BCUT2D eigenvalue weighted by atomic mass is 10.1. The second kappa shape index (κ2) is 6.17. The topological polar surface area (TPSA) is 111 Å². The fraction of sp³-hybridized carbons (Fsp3) is 0.286. The third kappa shape index (κ3) is 3.65. The van der Waals surface area contributed by atoms with Crippen molar-refractivity contribution in [3.8, 4) is 0 Å². The monoisotopic (exact) mass is 288 g/mol. The van der Waals surface area contributed by atoms with E-state index in [1.54, 1.807) is 6.07 Å². The molecule has 1 heterocycles. The summed E-state index contributed by atoms with van der Waals surface area (Å²) in [4.78, 5) is 25.5. The Labute approximate surface area is 121 Å². The molecule has 21 heavy (non-hydrogen) atoms. The third-order valence-electron chi connectivity index (χ3n) is 3.05. The molecular formula is C14H16N4O3. The standard InChI is InChI=1S/C14H16N4O3/c1-9-7-13(16-6-2-3-14(15)19)11-8-10(18(20)21)4-5-12(11)17-9/h4-5,7-8H,2-3,6H2,1H3,(H2,15,19)(H,16,17). The average molecular weight is 288 g/mol. The summed E-state index contributed by atoms with van der Waals surface area (Å²) in [7, 11) is 0. The van der Waals surface area contributed by atoms with Crippen molar-refractivity contribution in [2.24, 2.45) is 5.73 Å². The molecule has 7 nitrogen and oxygen atoms in total. The number of aromatic nitrogens is 1. The summed E-state index contributed by atoms with van der Waals surface area (Å²) in [6.07, 6.45) is 0.905. The molecule has 1 amide bonds. The van der Waals surface area contributed by atoms with Gasteiger partial charge in [0.15, 0.2) is 0 Å². The lowest BCUT2D eigenvalue weighted by Crippen LogP contribution is -2.12. The van der Waals surface area contributed by atoms with Gasteiger partial charge in [0.05, 0.1) is 10.4 Å². The van der Waals surface area contributed by atoms with E-state index in [-0.39, 0.29) is 11.6 Å². The van der Waals surface area contributed by atoms with Crippen LogP contribution in [0.1, 0.15) is 18.5 Å². The number of nitro groups is 1. The van der Waals surface area contributed by atoms with Gasteiger partial charge in [-0.2, -0.15) is 0 Å². The Balaban J connectivity index is 2.29. The highest BCUT2D eigenvalue weighted by Crippen LogP contribution is 2.27. The maximum Gasteiger partial charge on any atom is 0.270 e. The van der Waals surface area contributed by atoms with Crippen molar-refractivity contribution in [3.05, 3.63) is 40.1 Å². The number of aryl methyl sites for hydroxylation is 1. The summed E-state index contributed by atoms with van der Waals surface area (Å²) < 4.78 is 0. The van der Waals surface area contributed by atoms with Gasteiger partial charge in [-0.05, 0) is 25.5 Å². The van der Waals surface area contributed by atoms with Crippen molar-refractivity contribution >= 4 is 28.2 Å². The van der Waals surface area contributed by atoms with Crippen molar-refractivity contribution in [2.75, 3.05) is 11.9 Å². The molecule has 0 saturated carbocycles. The van der Waals surface area contributed by atoms with Crippen LogP contribution in [0, 0.1) is 17.0 Å².